The van der Waals surface area contributed by atoms with Gasteiger partial charge in [0, 0.05) is 6.54 Å². The predicted octanol–water partition coefficient (Wildman–Crippen LogP) is 0.717. The third-order valence-corrected chi connectivity index (χ3v) is 3.25. The summed E-state index contributed by atoms with van der Waals surface area (Å²) >= 11 is 0. The van der Waals surface area contributed by atoms with E-state index < -0.39 is 0 Å². The zero-order valence-electron chi connectivity index (χ0n) is 9.26. The SMILES string of the molecule is CN1CCC(Cn2cncc2CO)CC1. The van der Waals surface area contributed by atoms with Crippen LogP contribution in [0.3, 0.4) is 0 Å². The summed E-state index contributed by atoms with van der Waals surface area (Å²) in [4.78, 5) is 6.44. The number of rotatable bonds is 3. The van der Waals surface area contributed by atoms with Crippen molar-refractivity contribution in [1.29, 1.82) is 0 Å². The fraction of sp³-hybridized carbons (Fsp3) is 0.727. The number of nitrogens with zero attached hydrogens (tertiary/aromatic N) is 3. The number of hydrogen-bond acceptors (Lipinski definition) is 3. The van der Waals surface area contributed by atoms with Crippen molar-refractivity contribution in [3.05, 3.63) is 18.2 Å². The Hall–Kier alpha value is -0.870. The van der Waals surface area contributed by atoms with Crippen LogP contribution in [0, 0.1) is 5.92 Å². The molecule has 2 heterocycles. The van der Waals surface area contributed by atoms with Crippen LogP contribution in [-0.4, -0.2) is 39.7 Å². The number of aliphatic hydroxyl groups is 1. The van der Waals surface area contributed by atoms with Crippen LogP contribution in [-0.2, 0) is 13.2 Å². The molecule has 0 aromatic carbocycles. The van der Waals surface area contributed by atoms with Crippen LogP contribution in [0.4, 0.5) is 0 Å². The van der Waals surface area contributed by atoms with Gasteiger partial charge in [0.25, 0.3) is 0 Å². The standard InChI is InChI=1S/C11H19N3O/c1-13-4-2-10(3-5-13)7-14-9-12-6-11(14)8-15/h6,9-10,15H,2-5,7-8H2,1H3. The fourth-order valence-corrected chi connectivity index (χ4v) is 2.17. The van der Waals surface area contributed by atoms with Crippen LogP contribution in [0.25, 0.3) is 0 Å². The molecule has 1 N–H and O–H groups in total. The van der Waals surface area contributed by atoms with Crippen LogP contribution in [0.5, 0.6) is 0 Å². The quantitative estimate of drug-likeness (QED) is 0.797. The molecule has 0 amide bonds. The zero-order chi connectivity index (χ0) is 10.7. The van der Waals surface area contributed by atoms with Gasteiger partial charge in [0.1, 0.15) is 0 Å². The van der Waals surface area contributed by atoms with Crippen LogP contribution in [0.15, 0.2) is 12.5 Å². The van der Waals surface area contributed by atoms with Gasteiger partial charge in [-0.2, -0.15) is 0 Å². The lowest BCUT2D eigenvalue weighted by molar-refractivity contribution is 0.200. The van der Waals surface area contributed by atoms with Crippen molar-refractivity contribution in [3.63, 3.8) is 0 Å². The Bertz CT molecular complexity index is 303. The summed E-state index contributed by atoms with van der Waals surface area (Å²) in [5, 5.41) is 9.11. The summed E-state index contributed by atoms with van der Waals surface area (Å²) < 4.78 is 2.08. The fourth-order valence-electron chi connectivity index (χ4n) is 2.17. The molecular weight excluding hydrogens is 190 g/mol. The van der Waals surface area contributed by atoms with E-state index in [1.54, 1.807) is 6.20 Å². The Labute approximate surface area is 90.5 Å². The van der Waals surface area contributed by atoms with Gasteiger partial charge in [0.05, 0.1) is 24.8 Å². The molecule has 1 saturated heterocycles. The molecule has 15 heavy (non-hydrogen) atoms. The lowest BCUT2D eigenvalue weighted by Crippen LogP contribution is -2.32. The molecule has 0 radical (unpaired) electrons. The maximum atomic E-state index is 9.11. The summed E-state index contributed by atoms with van der Waals surface area (Å²) in [6.45, 7) is 3.47. The van der Waals surface area contributed by atoms with E-state index in [1.165, 1.54) is 25.9 Å². The topological polar surface area (TPSA) is 41.3 Å². The van der Waals surface area contributed by atoms with Crippen molar-refractivity contribution in [1.82, 2.24) is 14.5 Å². The van der Waals surface area contributed by atoms with E-state index in [4.69, 9.17) is 5.11 Å². The van der Waals surface area contributed by atoms with Crippen LogP contribution in [0.1, 0.15) is 18.5 Å². The molecule has 0 atom stereocenters. The molecule has 0 saturated carbocycles. The Morgan fingerprint density at radius 2 is 2.20 bits per heavy atom. The van der Waals surface area contributed by atoms with Gasteiger partial charge in [-0.1, -0.05) is 0 Å². The Morgan fingerprint density at radius 1 is 1.47 bits per heavy atom. The van der Waals surface area contributed by atoms with Crippen LogP contribution >= 0.6 is 0 Å². The van der Waals surface area contributed by atoms with Crippen LogP contribution < -0.4 is 0 Å². The molecule has 0 spiro atoms. The van der Waals surface area contributed by atoms with Gasteiger partial charge >= 0.3 is 0 Å². The first kappa shape index (κ1) is 10.6. The number of aromatic nitrogens is 2. The molecule has 4 nitrogen and oxygen atoms in total. The molecule has 84 valence electrons. The van der Waals surface area contributed by atoms with E-state index >= 15 is 0 Å². The first-order valence-electron chi connectivity index (χ1n) is 5.58. The molecule has 0 unspecified atom stereocenters. The van der Waals surface area contributed by atoms with E-state index in [9.17, 15) is 0 Å². The maximum Gasteiger partial charge on any atom is 0.0948 e. The summed E-state index contributed by atoms with van der Waals surface area (Å²) in [6.07, 6.45) is 6.07. The van der Waals surface area contributed by atoms with Crippen molar-refractivity contribution in [2.24, 2.45) is 5.92 Å². The van der Waals surface area contributed by atoms with Gasteiger partial charge in [-0.15, -0.1) is 0 Å². The minimum absolute atomic E-state index is 0.0899. The summed E-state index contributed by atoms with van der Waals surface area (Å²) in [5.41, 5.74) is 0.925. The number of likely N-dealkylation sites (tertiary alicyclic amines) is 1. The third-order valence-electron chi connectivity index (χ3n) is 3.25. The van der Waals surface area contributed by atoms with E-state index in [2.05, 4.69) is 21.5 Å². The van der Waals surface area contributed by atoms with Gasteiger partial charge in [-0.3, -0.25) is 0 Å². The highest BCUT2D eigenvalue weighted by atomic mass is 16.3. The highest BCUT2D eigenvalue weighted by Gasteiger charge is 2.17. The molecule has 4 heteroatoms. The second kappa shape index (κ2) is 4.77. The van der Waals surface area contributed by atoms with E-state index in [1.807, 2.05) is 6.33 Å². The van der Waals surface area contributed by atoms with E-state index in [-0.39, 0.29) is 6.61 Å². The minimum Gasteiger partial charge on any atom is -0.390 e. The molecule has 1 aromatic rings. The molecule has 2 rings (SSSR count). The molecule has 1 aliphatic heterocycles. The van der Waals surface area contributed by atoms with E-state index in [0.29, 0.717) is 0 Å². The first-order valence-corrected chi connectivity index (χ1v) is 5.58. The van der Waals surface area contributed by atoms with Crippen molar-refractivity contribution in [2.75, 3.05) is 20.1 Å². The third kappa shape index (κ3) is 2.58. The monoisotopic (exact) mass is 209 g/mol. The average Bonchev–Trinajstić information content (AvgIpc) is 2.69. The summed E-state index contributed by atoms with van der Waals surface area (Å²) in [6, 6.07) is 0. The zero-order valence-corrected chi connectivity index (χ0v) is 9.26. The highest BCUT2D eigenvalue weighted by Crippen LogP contribution is 2.18. The van der Waals surface area contributed by atoms with Gasteiger partial charge < -0.3 is 14.6 Å². The van der Waals surface area contributed by atoms with Gasteiger partial charge in [0.2, 0.25) is 0 Å². The predicted molar refractivity (Wildman–Crippen MR) is 58.4 cm³/mol. The van der Waals surface area contributed by atoms with Gasteiger partial charge in [-0.05, 0) is 38.9 Å². The Morgan fingerprint density at radius 3 is 2.87 bits per heavy atom. The average molecular weight is 209 g/mol. The van der Waals surface area contributed by atoms with Gasteiger partial charge in [-0.25, -0.2) is 4.98 Å². The summed E-state index contributed by atoms with van der Waals surface area (Å²) in [7, 11) is 2.17. The molecule has 1 aliphatic rings. The van der Waals surface area contributed by atoms with Crippen molar-refractivity contribution < 1.29 is 5.11 Å². The van der Waals surface area contributed by atoms with E-state index in [0.717, 1.165) is 18.2 Å². The number of piperidine rings is 1. The minimum atomic E-state index is 0.0899. The summed E-state index contributed by atoms with van der Waals surface area (Å²) in [5.74, 6) is 0.737. The van der Waals surface area contributed by atoms with Crippen molar-refractivity contribution in [3.8, 4) is 0 Å². The van der Waals surface area contributed by atoms with Crippen molar-refractivity contribution in [2.45, 2.75) is 26.0 Å². The number of hydrogen-bond donors (Lipinski definition) is 1. The first-order chi connectivity index (χ1) is 7.29. The number of imidazole rings is 1. The maximum absolute atomic E-state index is 9.11. The number of aliphatic hydroxyl groups excluding tert-OH is 1. The molecule has 1 fully saturated rings. The van der Waals surface area contributed by atoms with Crippen molar-refractivity contribution >= 4 is 0 Å². The molecule has 1 aromatic heterocycles. The molecule has 0 bridgehead atoms. The molecular formula is C11H19N3O. The normalized spacial score (nSPS) is 19.6. The smallest absolute Gasteiger partial charge is 0.0948 e. The second-order valence-corrected chi connectivity index (χ2v) is 4.44. The Balaban J connectivity index is 1.91. The highest BCUT2D eigenvalue weighted by molar-refractivity contribution is 4.96. The second-order valence-electron chi connectivity index (χ2n) is 4.44. The molecule has 0 aliphatic carbocycles. The lowest BCUT2D eigenvalue weighted by atomic mass is 9.97. The Kier molecular flexibility index (Phi) is 3.38. The lowest BCUT2D eigenvalue weighted by Gasteiger charge is -2.29. The largest absolute Gasteiger partial charge is 0.390 e. The van der Waals surface area contributed by atoms with Crippen LogP contribution in [0.2, 0.25) is 0 Å². The van der Waals surface area contributed by atoms with Gasteiger partial charge in [0.15, 0.2) is 0 Å².